The SMILES string of the molecule is CC(C)[C@H](N)C(=O)N[C@@H](CCC(=O)O)C(=O)N[C@H](C(=O)N[C@@H](CC(=O)O)C(=O)N[C@H](C(=O)O)C(C)C)[C@@H](C)O. The van der Waals surface area contributed by atoms with Crippen LogP contribution in [0.3, 0.4) is 0 Å². The van der Waals surface area contributed by atoms with E-state index >= 15 is 0 Å². The van der Waals surface area contributed by atoms with Crippen LogP contribution in [0.1, 0.15) is 53.9 Å². The Morgan fingerprint density at radius 3 is 1.54 bits per heavy atom. The average Bonchev–Trinajstić information content (AvgIpc) is 2.80. The van der Waals surface area contributed by atoms with Gasteiger partial charge in [0, 0.05) is 6.42 Å². The minimum Gasteiger partial charge on any atom is -0.481 e. The molecule has 0 aliphatic carbocycles. The summed E-state index contributed by atoms with van der Waals surface area (Å²) in [5.74, 6) is -9.21. The van der Waals surface area contributed by atoms with Crippen molar-refractivity contribution in [2.75, 3.05) is 0 Å². The Morgan fingerprint density at radius 1 is 0.641 bits per heavy atom. The van der Waals surface area contributed by atoms with Crippen LogP contribution in [0.15, 0.2) is 0 Å². The minimum atomic E-state index is -1.78. The van der Waals surface area contributed by atoms with Gasteiger partial charge in [-0.05, 0) is 25.2 Å². The normalized spacial score (nSPS) is 15.7. The molecule has 16 nitrogen and oxygen atoms in total. The van der Waals surface area contributed by atoms with Crippen molar-refractivity contribution in [3.63, 3.8) is 0 Å². The number of carboxylic acids is 3. The molecule has 10 N–H and O–H groups in total. The fraction of sp³-hybridized carbons (Fsp3) is 0.696. The summed E-state index contributed by atoms with van der Waals surface area (Å²) < 4.78 is 0. The number of hydrogen-bond acceptors (Lipinski definition) is 9. The number of nitrogens with two attached hydrogens (primary N) is 1. The highest BCUT2D eigenvalue weighted by atomic mass is 16.4. The van der Waals surface area contributed by atoms with E-state index in [1.807, 2.05) is 0 Å². The van der Waals surface area contributed by atoms with E-state index in [1.165, 1.54) is 13.8 Å². The number of hydrogen-bond donors (Lipinski definition) is 9. The molecule has 6 atom stereocenters. The third-order valence-electron chi connectivity index (χ3n) is 5.61. The Kier molecular flexibility index (Phi) is 14.7. The van der Waals surface area contributed by atoms with Gasteiger partial charge >= 0.3 is 17.9 Å². The van der Waals surface area contributed by atoms with Gasteiger partial charge in [0.2, 0.25) is 23.6 Å². The first kappa shape index (κ1) is 35.2. The van der Waals surface area contributed by atoms with Crippen molar-refractivity contribution in [2.24, 2.45) is 17.6 Å². The van der Waals surface area contributed by atoms with Crippen molar-refractivity contribution in [3.8, 4) is 0 Å². The van der Waals surface area contributed by atoms with E-state index in [4.69, 9.17) is 10.8 Å². The molecule has 222 valence electrons. The van der Waals surface area contributed by atoms with Crippen LogP contribution >= 0.6 is 0 Å². The maximum atomic E-state index is 12.9. The molecule has 39 heavy (non-hydrogen) atoms. The molecule has 0 spiro atoms. The van der Waals surface area contributed by atoms with Gasteiger partial charge in [-0.15, -0.1) is 0 Å². The van der Waals surface area contributed by atoms with E-state index in [0.717, 1.165) is 6.92 Å². The quantitative estimate of drug-likeness (QED) is 0.0882. The van der Waals surface area contributed by atoms with Gasteiger partial charge in [0.15, 0.2) is 0 Å². The number of aliphatic hydroxyl groups excluding tert-OH is 1. The second-order valence-electron chi connectivity index (χ2n) is 9.72. The average molecular weight is 562 g/mol. The molecular formula is C23H39N5O11. The second kappa shape index (κ2) is 16.2. The van der Waals surface area contributed by atoms with E-state index in [1.54, 1.807) is 13.8 Å². The number of aliphatic carboxylic acids is 3. The van der Waals surface area contributed by atoms with Crippen LogP contribution in [0, 0.1) is 11.8 Å². The minimum absolute atomic E-state index is 0.321. The lowest BCUT2D eigenvalue weighted by atomic mass is 10.0. The number of aliphatic hydroxyl groups is 1. The lowest BCUT2D eigenvalue weighted by Crippen LogP contribution is -2.61. The third-order valence-corrected chi connectivity index (χ3v) is 5.61. The monoisotopic (exact) mass is 561 g/mol. The summed E-state index contributed by atoms with van der Waals surface area (Å²) in [7, 11) is 0. The zero-order valence-electron chi connectivity index (χ0n) is 22.5. The molecular weight excluding hydrogens is 522 g/mol. The first-order chi connectivity index (χ1) is 17.9. The maximum absolute atomic E-state index is 12.9. The van der Waals surface area contributed by atoms with Gasteiger partial charge in [0.25, 0.3) is 0 Å². The summed E-state index contributed by atoms with van der Waals surface area (Å²) in [4.78, 5) is 84.5. The Balaban J connectivity index is 5.83. The van der Waals surface area contributed by atoms with Crippen molar-refractivity contribution in [1.29, 1.82) is 0 Å². The summed E-state index contributed by atoms with van der Waals surface area (Å²) in [6, 6.07) is -7.44. The maximum Gasteiger partial charge on any atom is 0.326 e. The van der Waals surface area contributed by atoms with Crippen molar-refractivity contribution < 1.29 is 54.0 Å². The Hall–Kier alpha value is -3.79. The number of carboxylic acid groups (broad SMARTS) is 3. The predicted octanol–water partition coefficient (Wildman–Crippen LogP) is -2.63. The highest BCUT2D eigenvalue weighted by Crippen LogP contribution is 2.07. The molecule has 0 aromatic rings. The van der Waals surface area contributed by atoms with Gasteiger partial charge in [-0.2, -0.15) is 0 Å². The Labute approximate surface area is 225 Å². The predicted molar refractivity (Wildman–Crippen MR) is 134 cm³/mol. The molecule has 0 unspecified atom stereocenters. The number of rotatable bonds is 17. The molecule has 0 rings (SSSR count). The molecule has 4 amide bonds. The standard InChI is InChI=1S/C23H39N5O11/c1-9(2)16(24)21(36)25-12(6-7-14(30)31)19(34)28-18(11(5)29)22(37)26-13(8-15(32)33)20(35)27-17(10(3)4)23(38)39/h9-13,16-18,29H,6-8,24H2,1-5H3,(H,25,36)(H,26,37)(H,27,35)(H,28,34)(H,30,31)(H,32,33)(H,38,39)/t11-,12+,13+,16+,17+,18+/m1/s1. The molecule has 0 heterocycles. The van der Waals surface area contributed by atoms with Crippen LogP contribution in [0.25, 0.3) is 0 Å². The smallest absolute Gasteiger partial charge is 0.326 e. The number of carbonyl (C=O) groups is 7. The topological polar surface area (TPSA) is 275 Å². The zero-order chi connectivity index (χ0) is 30.6. The molecule has 0 aliphatic heterocycles. The summed E-state index contributed by atoms with van der Waals surface area (Å²) in [6.45, 7) is 7.39. The fourth-order valence-electron chi connectivity index (χ4n) is 3.18. The zero-order valence-corrected chi connectivity index (χ0v) is 22.5. The van der Waals surface area contributed by atoms with Crippen molar-refractivity contribution in [2.45, 2.75) is 90.2 Å². The highest BCUT2D eigenvalue weighted by Gasteiger charge is 2.35. The lowest BCUT2D eigenvalue weighted by molar-refractivity contribution is -0.145. The van der Waals surface area contributed by atoms with Crippen LogP contribution in [0.5, 0.6) is 0 Å². The lowest BCUT2D eigenvalue weighted by Gasteiger charge is -2.27. The van der Waals surface area contributed by atoms with E-state index in [0.29, 0.717) is 0 Å². The first-order valence-electron chi connectivity index (χ1n) is 12.2. The van der Waals surface area contributed by atoms with Crippen LogP contribution in [-0.4, -0.2) is 98.3 Å². The molecule has 16 heteroatoms. The summed E-state index contributed by atoms with van der Waals surface area (Å²) in [5.41, 5.74) is 5.77. The van der Waals surface area contributed by atoms with E-state index < -0.39 is 96.6 Å². The van der Waals surface area contributed by atoms with Crippen molar-refractivity contribution >= 4 is 41.5 Å². The Morgan fingerprint density at radius 2 is 1.13 bits per heavy atom. The highest BCUT2D eigenvalue weighted by molar-refractivity contribution is 5.96. The molecule has 0 radical (unpaired) electrons. The van der Waals surface area contributed by atoms with Gasteiger partial charge in [0.1, 0.15) is 24.2 Å². The first-order valence-corrected chi connectivity index (χ1v) is 12.2. The molecule has 0 fully saturated rings. The Bertz CT molecular complexity index is 922. The van der Waals surface area contributed by atoms with Crippen LogP contribution in [0.4, 0.5) is 0 Å². The molecule has 0 saturated heterocycles. The van der Waals surface area contributed by atoms with Gasteiger partial charge in [-0.1, -0.05) is 27.7 Å². The molecule has 0 aliphatic rings. The number of carbonyl (C=O) groups excluding carboxylic acids is 4. The van der Waals surface area contributed by atoms with Crippen LogP contribution in [-0.2, 0) is 33.6 Å². The van der Waals surface area contributed by atoms with E-state index in [-0.39, 0.29) is 12.3 Å². The van der Waals surface area contributed by atoms with Gasteiger partial charge in [0.05, 0.1) is 18.6 Å². The van der Waals surface area contributed by atoms with Gasteiger partial charge < -0.3 is 47.4 Å². The molecule has 0 aromatic carbocycles. The third kappa shape index (κ3) is 12.5. The van der Waals surface area contributed by atoms with Crippen LogP contribution in [0.2, 0.25) is 0 Å². The second-order valence-corrected chi connectivity index (χ2v) is 9.72. The largest absolute Gasteiger partial charge is 0.481 e. The van der Waals surface area contributed by atoms with E-state index in [2.05, 4.69) is 21.3 Å². The van der Waals surface area contributed by atoms with Gasteiger partial charge in [-0.25, -0.2) is 4.79 Å². The van der Waals surface area contributed by atoms with Crippen molar-refractivity contribution in [3.05, 3.63) is 0 Å². The number of amides is 4. The fourth-order valence-corrected chi connectivity index (χ4v) is 3.18. The summed E-state index contributed by atoms with van der Waals surface area (Å²) >= 11 is 0. The van der Waals surface area contributed by atoms with Crippen molar-refractivity contribution in [1.82, 2.24) is 21.3 Å². The van der Waals surface area contributed by atoms with Crippen LogP contribution < -0.4 is 27.0 Å². The molecule has 0 bridgehead atoms. The van der Waals surface area contributed by atoms with E-state index in [9.17, 15) is 48.9 Å². The number of nitrogens with one attached hydrogen (secondary N) is 4. The summed E-state index contributed by atoms with van der Waals surface area (Å²) in [5, 5.41) is 46.3. The molecule has 0 aromatic heterocycles. The summed E-state index contributed by atoms with van der Waals surface area (Å²) in [6.07, 6.45) is -3.48. The molecule has 0 saturated carbocycles. The van der Waals surface area contributed by atoms with Gasteiger partial charge in [-0.3, -0.25) is 28.8 Å².